The molecule has 3 heterocycles. The number of hydrogen-bond donors (Lipinski definition) is 4. The van der Waals surface area contributed by atoms with E-state index in [1.807, 2.05) is 4.90 Å². The molecule has 0 radical (unpaired) electrons. The van der Waals surface area contributed by atoms with E-state index in [9.17, 15) is 19.0 Å². The number of piperazine rings is 1. The predicted octanol–water partition coefficient (Wildman–Crippen LogP) is 2.38. The fourth-order valence-electron chi connectivity index (χ4n) is 4.10. The minimum absolute atomic E-state index is 0.248. The smallest absolute Gasteiger partial charge is 0.156 e. The average Bonchev–Trinajstić information content (AvgIpc) is 2.85. The molecule has 3 aromatic rings. The molecule has 0 spiro atoms. The summed E-state index contributed by atoms with van der Waals surface area (Å²) in [5, 5.41) is 28.4. The summed E-state index contributed by atoms with van der Waals surface area (Å²) in [6.45, 7) is 5.68. The van der Waals surface area contributed by atoms with Crippen molar-refractivity contribution < 1.29 is 19.0 Å². The number of pyridine rings is 1. The monoisotopic (exact) mass is 497 g/mol. The molecule has 4 rings (SSSR count). The first kappa shape index (κ1) is 25.5. The molecule has 1 aliphatic heterocycles. The molecule has 2 aromatic heterocycles. The number of rotatable bonds is 7. The van der Waals surface area contributed by atoms with Crippen molar-refractivity contribution in [3.05, 3.63) is 65.2 Å². The van der Waals surface area contributed by atoms with Crippen LogP contribution in [0.15, 0.2) is 36.7 Å². The first-order valence-electron chi connectivity index (χ1n) is 11.5. The lowest BCUT2D eigenvalue weighted by Gasteiger charge is -2.36. The van der Waals surface area contributed by atoms with Gasteiger partial charge in [-0.15, -0.1) is 0 Å². The van der Waals surface area contributed by atoms with E-state index in [0.29, 0.717) is 66.4 Å². The third-order valence-corrected chi connectivity index (χ3v) is 6.19. The summed E-state index contributed by atoms with van der Waals surface area (Å²) in [4.78, 5) is 17.8. The maximum Gasteiger partial charge on any atom is 0.156 e. The van der Waals surface area contributed by atoms with Crippen molar-refractivity contribution in [1.82, 2.24) is 19.9 Å². The van der Waals surface area contributed by atoms with Crippen LogP contribution in [0.4, 0.5) is 14.6 Å². The first-order valence-corrected chi connectivity index (χ1v) is 11.5. The average molecular weight is 498 g/mol. The number of aliphatic hydroxyl groups is 2. The highest BCUT2D eigenvalue weighted by Crippen LogP contribution is 2.29. The van der Waals surface area contributed by atoms with Crippen molar-refractivity contribution in [3.8, 4) is 0 Å². The molecule has 0 amide bonds. The van der Waals surface area contributed by atoms with Crippen LogP contribution in [0.25, 0.3) is 16.6 Å². The molecular weight excluding hydrogens is 468 g/mol. The van der Waals surface area contributed by atoms with E-state index in [1.54, 1.807) is 6.07 Å². The van der Waals surface area contributed by atoms with Crippen LogP contribution in [-0.2, 0) is 6.54 Å². The number of nitrogens with zero attached hydrogens (tertiary/aromatic N) is 5. The molecule has 190 valence electrons. The second-order valence-corrected chi connectivity index (χ2v) is 9.32. The Balaban J connectivity index is 1.61. The van der Waals surface area contributed by atoms with Gasteiger partial charge >= 0.3 is 0 Å². The number of aliphatic hydroxyl groups excluding tert-OH is 1. The van der Waals surface area contributed by atoms with Crippen LogP contribution in [-0.4, -0.2) is 68.1 Å². The number of halogens is 2. The lowest BCUT2D eigenvalue weighted by molar-refractivity contribution is -0.0516. The predicted molar refractivity (Wildman–Crippen MR) is 133 cm³/mol. The Labute approximate surface area is 207 Å². The second-order valence-electron chi connectivity index (χ2n) is 9.32. The highest BCUT2D eigenvalue weighted by Gasteiger charge is 2.28. The molecule has 1 fully saturated rings. The molecule has 0 aliphatic carbocycles. The van der Waals surface area contributed by atoms with Crippen LogP contribution in [0, 0.1) is 17.0 Å². The van der Waals surface area contributed by atoms with Gasteiger partial charge in [0.25, 0.3) is 0 Å². The number of hydrogen-bond acceptors (Lipinski definition) is 9. The Morgan fingerprint density at radius 2 is 1.89 bits per heavy atom. The molecule has 0 saturated carbocycles. The van der Waals surface area contributed by atoms with Gasteiger partial charge in [0.15, 0.2) is 5.82 Å². The van der Waals surface area contributed by atoms with E-state index in [0.717, 1.165) is 12.3 Å². The molecule has 36 heavy (non-hydrogen) atoms. The zero-order valence-corrected chi connectivity index (χ0v) is 20.1. The number of nitrogens with two attached hydrogens (primary N) is 1. The summed E-state index contributed by atoms with van der Waals surface area (Å²) in [5.41, 5.74) is 6.76. The van der Waals surface area contributed by atoms with Crippen molar-refractivity contribution in [1.29, 1.82) is 5.41 Å². The second kappa shape index (κ2) is 10.2. The number of fused-ring (bicyclic) bond motifs is 1. The Morgan fingerprint density at radius 3 is 2.50 bits per heavy atom. The maximum absolute atomic E-state index is 14.1. The SMILES string of the molecule is CC(C)(O)[C@@H](O)c1cc2nc(/C(C=N)=C/N)c(N3CCN(Cc4ccc(F)cc4F)CC3)nc2cn1. The normalized spacial score (nSPS) is 16.4. The number of nitrogens with one attached hydrogen (secondary N) is 1. The van der Waals surface area contributed by atoms with Gasteiger partial charge in [0.2, 0.25) is 0 Å². The number of allylic oxidation sites excluding steroid dienone is 1. The standard InChI is InChI=1S/C25H29F2N7O2/c1-25(2,36)23(35)20-10-19-21(13-30-20)32-24(22(31-19)16(11-28)12-29)34-7-5-33(6-8-34)14-15-3-4-17(26)9-18(15)27/h3-4,9-13,23,28,35-36H,5-8,14,29H2,1-2H3/b16-12+,28-11?/t23-/m0/s1. The molecule has 11 heteroatoms. The Morgan fingerprint density at radius 1 is 1.17 bits per heavy atom. The van der Waals surface area contributed by atoms with Gasteiger partial charge in [-0.1, -0.05) is 6.07 Å². The van der Waals surface area contributed by atoms with Crippen LogP contribution in [0.5, 0.6) is 0 Å². The largest absolute Gasteiger partial charge is 0.404 e. The highest BCUT2D eigenvalue weighted by atomic mass is 19.1. The molecule has 9 nitrogen and oxygen atoms in total. The van der Waals surface area contributed by atoms with Gasteiger partial charge in [-0.25, -0.2) is 18.7 Å². The van der Waals surface area contributed by atoms with E-state index < -0.39 is 23.3 Å². The number of benzene rings is 1. The molecule has 1 aromatic carbocycles. The van der Waals surface area contributed by atoms with Crippen molar-refractivity contribution in [3.63, 3.8) is 0 Å². The summed E-state index contributed by atoms with van der Waals surface area (Å²) >= 11 is 0. The van der Waals surface area contributed by atoms with Crippen LogP contribution in [0.3, 0.4) is 0 Å². The molecule has 0 bridgehead atoms. The van der Waals surface area contributed by atoms with Gasteiger partial charge in [-0.2, -0.15) is 0 Å². The fourth-order valence-corrected chi connectivity index (χ4v) is 4.10. The molecular formula is C25H29F2N7O2. The topological polar surface area (TPSA) is 135 Å². The third-order valence-electron chi connectivity index (χ3n) is 6.19. The maximum atomic E-state index is 14.1. The fraction of sp³-hybridized carbons (Fsp3) is 0.360. The zero-order valence-electron chi connectivity index (χ0n) is 20.1. The lowest BCUT2D eigenvalue weighted by Crippen LogP contribution is -2.46. The van der Waals surface area contributed by atoms with Crippen molar-refractivity contribution in [2.45, 2.75) is 32.1 Å². The minimum Gasteiger partial charge on any atom is -0.404 e. The van der Waals surface area contributed by atoms with Gasteiger partial charge in [-0.3, -0.25) is 9.88 Å². The molecule has 1 aliphatic rings. The van der Waals surface area contributed by atoms with Crippen LogP contribution in [0.1, 0.15) is 36.9 Å². The van der Waals surface area contributed by atoms with E-state index in [2.05, 4.69) is 14.9 Å². The third kappa shape index (κ3) is 5.32. The van der Waals surface area contributed by atoms with Crippen molar-refractivity contribution >= 4 is 28.6 Å². The highest BCUT2D eigenvalue weighted by molar-refractivity contribution is 6.09. The molecule has 5 N–H and O–H groups in total. The summed E-state index contributed by atoms with van der Waals surface area (Å²) in [6, 6.07) is 5.16. The van der Waals surface area contributed by atoms with Gasteiger partial charge in [-0.05, 0) is 26.0 Å². The van der Waals surface area contributed by atoms with Gasteiger partial charge in [0.05, 0.1) is 23.0 Å². The Kier molecular flexibility index (Phi) is 7.25. The van der Waals surface area contributed by atoms with Gasteiger partial charge < -0.3 is 26.3 Å². The summed E-state index contributed by atoms with van der Waals surface area (Å²) in [7, 11) is 0. The molecule has 1 atom stereocenters. The van der Waals surface area contributed by atoms with Crippen LogP contribution < -0.4 is 10.6 Å². The van der Waals surface area contributed by atoms with Gasteiger partial charge in [0.1, 0.15) is 28.9 Å². The van der Waals surface area contributed by atoms with Crippen molar-refractivity contribution in [2.24, 2.45) is 5.73 Å². The summed E-state index contributed by atoms with van der Waals surface area (Å²) in [5.74, 6) is -0.632. The van der Waals surface area contributed by atoms with Crippen LogP contribution in [0.2, 0.25) is 0 Å². The van der Waals surface area contributed by atoms with Crippen LogP contribution >= 0.6 is 0 Å². The number of anilines is 1. The minimum atomic E-state index is -1.40. The Bertz CT molecular complexity index is 1300. The van der Waals surface area contributed by atoms with E-state index in [-0.39, 0.29) is 5.69 Å². The summed E-state index contributed by atoms with van der Waals surface area (Å²) < 4.78 is 27.3. The Hall–Kier alpha value is -3.54. The van der Waals surface area contributed by atoms with E-state index in [1.165, 1.54) is 38.4 Å². The zero-order chi connectivity index (χ0) is 26.0. The van der Waals surface area contributed by atoms with E-state index in [4.69, 9.17) is 16.1 Å². The number of aromatic nitrogens is 3. The lowest BCUT2D eigenvalue weighted by atomic mass is 9.98. The quantitative estimate of drug-likeness (QED) is 0.366. The van der Waals surface area contributed by atoms with E-state index >= 15 is 0 Å². The first-order chi connectivity index (χ1) is 17.1. The van der Waals surface area contributed by atoms with Crippen molar-refractivity contribution in [2.75, 3.05) is 31.1 Å². The summed E-state index contributed by atoms with van der Waals surface area (Å²) in [6.07, 6.45) is 2.65. The van der Waals surface area contributed by atoms with Gasteiger partial charge in [0, 0.05) is 62.3 Å². The molecule has 1 saturated heterocycles. The molecule has 0 unspecified atom stereocenters.